The molecule has 1 aliphatic rings. The van der Waals surface area contributed by atoms with Gasteiger partial charge in [0, 0.05) is 11.9 Å². The van der Waals surface area contributed by atoms with Crippen LogP contribution in [0.15, 0.2) is 60.8 Å². The van der Waals surface area contributed by atoms with Crippen molar-refractivity contribution in [3.63, 3.8) is 0 Å². The summed E-state index contributed by atoms with van der Waals surface area (Å²) in [7, 11) is 0. The van der Waals surface area contributed by atoms with Crippen molar-refractivity contribution in [3.05, 3.63) is 77.5 Å². The standard InChI is InChI=1S/C25H27N3O2/c1-17-7-6-14-26-23(17)28-15-16-30-22-20(8-5-9-21(22)28)24(29)27-19-12-10-18(11-13-19)25(2,3)4/h5-14H,15-16H2,1-4H3,(H,27,29). The maximum atomic E-state index is 13.1. The second-order valence-electron chi connectivity index (χ2n) is 8.58. The molecule has 1 amide bonds. The maximum absolute atomic E-state index is 13.1. The number of nitrogens with one attached hydrogen (secondary N) is 1. The average Bonchev–Trinajstić information content (AvgIpc) is 2.73. The largest absolute Gasteiger partial charge is 0.489 e. The Morgan fingerprint density at radius 2 is 1.83 bits per heavy atom. The summed E-state index contributed by atoms with van der Waals surface area (Å²) in [5.74, 6) is 1.30. The Morgan fingerprint density at radius 3 is 2.53 bits per heavy atom. The van der Waals surface area contributed by atoms with Crippen LogP contribution in [0.5, 0.6) is 5.75 Å². The monoisotopic (exact) mass is 401 g/mol. The van der Waals surface area contributed by atoms with E-state index < -0.39 is 0 Å². The first-order chi connectivity index (χ1) is 14.3. The van der Waals surface area contributed by atoms with Gasteiger partial charge in [0.05, 0.1) is 17.8 Å². The van der Waals surface area contributed by atoms with Gasteiger partial charge in [0.1, 0.15) is 12.4 Å². The van der Waals surface area contributed by atoms with Crippen molar-refractivity contribution < 1.29 is 9.53 Å². The van der Waals surface area contributed by atoms with Crippen LogP contribution in [0, 0.1) is 6.92 Å². The first-order valence-electron chi connectivity index (χ1n) is 10.2. The lowest BCUT2D eigenvalue weighted by Gasteiger charge is -2.32. The van der Waals surface area contributed by atoms with Crippen LogP contribution in [-0.2, 0) is 5.41 Å². The molecule has 2 aromatic carbocycles. The van der Waals surface area contributed by atoms with Gasteiger partial charge in [-0.15, -0.1) is 0 Å². The summed E-state index contributed by atoms with van der Waals surface area (Å²) in [4.78, 5) is 19.7. The number of aryl methyl sites for hydroxylation is 1. The van der Waals surface area contributed by atoms with Crippen LogP contribution in [0.4, 0.5) is 17.2 Å². The number of hydrogen-bond donors (Lipinski definition) is 1. The fraction of sp³-hybridized carbons (Fsp3) is 0.280. The summed E-state index contributed by atoms with van der Waals surface area (Å²) in [5, 5.41) is 3.00. The van der Waals surface area contributed by atoms with Crippen LogP contribution in [0.3, 0.4) is 0 Å². The molecule has 5 heteroatoms. The quantitative estimate of drug-likeness (QED) is 0.632. The van der Waals surface area contributed by atoms with Gasteiger partial charge in [-0.25, -0.2) is 4.98 Å². The van der Waals surface area contributed by atoms with E-state index in [9.17, 15) is 4.79 Å². The highest BCUT2D eigenvalue weighted by Crippen LogP contribution is 2.39. The number of pyridine rings is 1. The zero-order valence-corrected chi connectivity index (χ0v) is 17.9. The van der Waals surface area contributed by atoms with Gasteiger partial charge in [-0.1, -0.05) is 45.0 Å². The molecule has 0 saturated carbocycles. The first kappa shape index (κ1) is 20.0. The predicted octanol–water partition coefficient (Wildman–Crippen LogP) is 5.47. The van der Waals surface area contributed by atoms with Crippen molar-refractivity contribution in [2.75, 3.05) is 23.4 Å². The molecule has 154 valence electrons. The Bertz CT molecular complexity index is 1070. The predicted molar refractivity (Wildman–Crippen MR) is 121 cm³/mol. The SMILES string of the molecule is Cc1cccnc1N1CCOc2c(C(=O)Nc3ccc(C(C)(C)C)cc3)cccc21. The Labute approximate surface area is 177 Å². The second-order valence-corrected chi connectivity index (χ2v) is 8.58. The van der Waals surface area contributed by atoms with Gasteiger partial charge in [0.2, 0.25) is 0 Å². The summed E-state index contributed by atoms with van der Waals surface area (Å²) < 4.78 is 5.94. The third-order valence-corrected chi connectivity index (χ3v) is 5.34. The molecule has 3 aromatic rings. The van der Waals surface area contributed by atoms with Crippen molar-refractivity contribution >= 4 is 23.1 Å². The van der Waals surface area contributed by atoms with Crippen LogP contribution in [0.2, 0.25) is 0 Å². The lowest BCUT2D eigenvalue weighted by molar-refractivity contribution is 0.102. The van der Waals surface area contributed by atoms with E-state index in [-0.39, 0.29) is 11.3 Å². The molecule has 4 rings (SSSR count). The van der Waals surface area contributed by atoms with E-state index in [1.165, 1.54) is 5.56 Å². The van der Waals surface area contributed by atoms with Gasteiger partial charge in [0.25, 0.3) is 5.91 Å². The lowest BCUT2D eigenvalue weighted by Crippen LogP contribution is -2.31. The molecule has 1 N–H and O–H groups in total. The number of amides is 1. The summed E-state index contributed by atoms with van der Waals surface area (Å²) in [6, 6.07) is 17.6. The molecule has 2 heterocycles. The number of carbonyl (C=O) groups is 1. The van der Waals surface area contributed by atoms with Gasteiger partial charge >= 0.3 is 0 Å². The van der Waals surface area contributed by atoms with Crippen molar-refractivity contribution in [2.45, 2.75) is 33.1 Å². The minimum atomic E-state index is -0.185. The van der Waals surface area contributed by atoms with Gasteiger partial charge in [-0.05, 0) is 53.8 Å². The van der Waals surface area contributed by atoms with Gasteiger partial charge < -0.3 is 15.0 Å². The zero-order valence-electron chi connectivity index (χ0n) is 17.9. The van der Waals surface area contributed by atoms with E-state index in [2.05, 4.69) is 48.1 Å². The molecular weight excluding hydrogens is 374 g/mol. The van der Waals surface area contributed by atoms with Crippen LogP contribution < -0.4 is 15.0 Å². The fourth-order valence-corrected chi connectivity index (χ4v) is 3.66. The maximum Gasteiger partial charge on any atom is 0.259 e. The number of nitrogens with zero attached hydrogens (tertiary/aromatic N) is 2. The Balaban J connectivity index is 1.62. The van der Waals surface area contributed by atoms with Crippen LogP contribution in [0.25, 0.3) is 0 Å². The van der Waals surface area contributed by atoms with Crippen LogP contribution in [-0.4, -0.2) is 24.0 Å². The molecule has 0 fully saturated rings. The van der Waals surface area contributed by atoms with E-state index in [0.29, 0.717) is 24.5 Å². The van der Waals surface area contributed by atoms with Gasteiger partial charge in [0.15, 0.2) is 5.75 Å². The fourth-order valence-electron chi connectivity index (χ4n) is 3.66. The minimum Gasteiger partial charge on any atom is -0.489 e. The lowest BCUT2D eigenvalue weighted by atomic mass is 9.87. The molecule has 0 bridgehead atoms. The number of ether oxygens (including phenoxy) is 1. The number of para-hydroxylation sites is 1. The third-order valence-electron chi connectivity index (χ3n) is 5.34. The Hall–Kier alpha value is -3.34. The normalized spacial score (nSPS) is 13.4. The number of anilines is 3. The summed E-state index contributed by atoms with van der Waals surface area (Å²) in [6.45, 7) is 9.72. The number of fused-ring (bicyclic) bond motifs is 1. The topological polar surface area (TPSA) is 54.5 Å². The van der Waals surface area contributed by atoms with Crippen molar-refractivity contribution in [2.24, 2.45) is 0 Å². The van der Waals surface area contributed by atoms with Gasteiger partial charge in [-0.3, -0.25) is 4.79 Å². The summed E-state index contributed by atoms with van der Waals surface area (Å²) in [5.41, 5.74) is 4.52. The first-order valence-corrected chi connectivity index (χ1v) is 10.2. The molecule has 0 aliphatic carbocycles. The van der Waals surface area contributed by atoms with E-state index in [1.54, 1.807) is 12.3 Å². The molecular formula is C25H27N3O2. The zero-order chi connectivity index (χ0) is 21.3. The molecule has 0 unspecified atom stereocenters. The third kappa shape index (κ3) is 3.88. The average molecular weight is 402 g/mol. The molecule has 5 nitrogen and oxygen atoms in total. The number of benzene rings is 2. The Kier molecular flexibility index (Phi) is 5.20. The Morgan fingerprint density at radius 1 is 1.07 bits per heavy atom. The van der Waals surface area contributed by atoms with E-state index in [0.717, 1.165) is 22.8 Å². The number of aromatic nitrogens is 1. The van der Waals surface area contributed by atoms with Crippen molar-refractivity contribution in [3.8, 4) is 5.75 Å². The number of hydrogen-bond acceptors (Lipinski definition) is 4. The molecule has 1 aliphatic heterocycles. The number of carbonyl (C=O) groups excluding carboxylic acids is 1. The minimum absolute atomic E-state index is 0.0714. The van der Waals surface area contributed by atoms with E-state index >= 15 is 0 Å². The second kappa shape index (κ2) is 7.82. The smallest absolute Gasteiger partial charge is 0.259 e. The highest BCUT2D eigenvalue weighted by Gasteiger charge is 2.26. The molecule has 1 aromatic heterocycles. The molecule has 0 atom stereocenters. The molecule has 0 spiro atoms. The van der Waals surface area contributed by atoms with Gasteiger partial charge in [-0.2, -0.15) is 0 Å². The van der Waals surface area contributed by atoms with Crippen molar-refractivity contribution in [1.29, 1.82) is 0 Å². The van der Waals surface area contributed by atoms with E-state index in [4.69, 9.17) is 4.74 Å². The van der Waals surface area contributed by atoms with Crippen molar-refractivity contribution in [1.82, 2.24) is 4.98 Å². The highest BCUT2D eigenvalue weighted by molar-refractivity contribution is 6.07. The molecule has 0 saturated heterocycles. The molecule has 30 heavy (non-hydrogen) atoms. The summed E-state index contributed by atoms with van der Waals surface area (Å²) in [6.07, 6.45) is 1.79. The van der Waals surface area contributed by atoms with Crippen LogP contribution in [0.1, 0.15) is 42.3 Å². The number of rotatable bonds is 3. The van der Waals surface area contributed by atoms with E-state index in [1.807, 2.05) is 43.3 Å². The highest BCUT2D eigenvalue weighted by atomic mass is 16.5. The molecule has 0 radical (unpaired) electrons. The summed E-state index contributed by atoms with van der Waals surface area (Å²) >= 11 is 0. The van der Waals surface area contributed by atoms with Crippen LogP contribution >= 0.6 is 0 Å².